The lowest BCUT2D eigenvalue weighted by Crippen LogP contribution is -1.99. The summed E-state index contributed by atoms with van der Waals surface area (Å²) in [6.07, 6.45) is 50.9. The summed E-state index contributed by atoms with van der Waals surface area (Å²) in [5.41, 5.74) is 2.96. The summed E-state index contributed by atoms with van der Waals surface area (Å²) in [5, 5.41) is 0. The van der Waals surface area contributed by atoms with Crippen LogP contribution in [0.4, 0.5) is 0 Å². The normalized spacial score (nSPS) is 10.8. The first-order valence-corrected chi connectivity index (χ1v) is 34.0. The third-order valence-electron chi connectivity index (χ3n) is 14.8. The fourth-order valence-electron chi connectivity index (χ4n) is 9.42. The average molecular weight is 1180 g/mol. The van der Waals surface area contributed by atoms with Crippen LogP contribution in [-0.4, -0.2) is 69.5 Å². The molecule has 86 heavy (non-hydrogen) atoms. The molecule has 3 aromatic carbocycles. The minimum absolute atomic E-state index is 0.706. The van der Waals surface area contributed by atoms with Crippen LogP contribution in [0.2, 0.25) is 0 Å². The number of benzene rings is 3. The molecule has 0 atom stereocenters. The Morgan fingerprint density at radius 2 is 0.372 bits per heavy atom. The van der Waals surface area contributed by atoms with Crippen molar-refractivity contribution in [1.82, 2.24) is 29.9 Å². The summed E-state index contributed by atoms with van der Waals surface area (Å²) in [6.45, 7) is 17.9. The molecule has 12 nitrogen and oxygen atoms in total. The first-order valence-electron chi connectivity index (χ1n) is 34.0. The molecule has 0 unspecified atom stereocenters. The van der Waals surface area contributed by atoms with E-state index in [-0.39, 0.29) is 0 Å². The van der Waals surface area contributed by atoms with Gasteiger partial charge in [-0.2, -0.15) is 0 Å². The van der Waals surface area contributed by atoms with Crippen LogP contribution in [0.25, 0.3) is 34.2 Å². The first kappa shape index (κ1) is 72.2. The lowest BCUT2D eigenvalue weighted by molar-refractivity contribution is 0.302. The van der Waals surface area contributed by atoms with E-state index in [9.17, 15) is 0 Å². The Kier molecular flexibility index (Phi) is 41.8. The van der Waals surface area contributed by atoms with E-state index in [0.29, 0.717) is 17.5 Å². The quantitative estimate of drug-likeness (QED) is 0.0337. The molecule has 0 amide bonds. The van der Waals surface area contributed by atoms with E-state index in [1.807, 2.05) is 72.8 Å². The predicted octanol–water partition coefficient (Wildman–Crippen LogP) is 21.3. The molecule has 0 N–H and O–H groups in total. The maximum atomic E-state index is 5.89. The Morgan fingerprint density at radius 3 is 0.593 bits per heavy atom. The Labute approximate surface area is 521 Å². The Morgan fingerprint density at radius 1 is 0.198 bits per heavy atom. The molecule has 474 valence electrons. The van der Waals surface area contributed by atoms with Gasteiger partial charge in [0.25, 0.3) is 0 Å². The number of rotatable bonds is 47. The molecular weight excluding hydrogens is 1070 g/mol. The highest BCUT2D eigenvalue weighted by Crippen LogP contribution is 2.25. The Bertz CT molecular complexity index is 2460. The van der Waals surface area contributed by atoms with Gasteiger partial charge >= 0.3 is 0 Å². The van der Waals surface area contributed by atoms with Gasteiger partial charge in [-0.3, -0.25) is 0 Å². The fraction of sp³-hybridized carbons (Fsp3) is 0.595. The first-order chi connectivity index (χ1) is 42.5. The number of nitrogens with zero attached hydrogens (tertiary/aromatic N) is 6. The second-order valence-electron chi connectivity index (χ2n) is 22.6. The molecule has 0 saturated carbocycles. The summed E-state index contributed by atoms with van der Waals surface area (Å²) >= 11 is 0. The molecule has 0 bridgehead atoms. The van der Waals surface area contributed by atoms with Gasteiger partial charge in [-0.25, -0.2) is 29.9 Å². The molecule has 0 spiro atoms. The number of unbranched alkanes of at least 4 members (excludes halogenated alkanes) is 26. The van der Waals surface area contributed by atoms with Crippen molar-refractivity contribution in [2.45, 2.75) is 247 Å². The highest BCUT2D eigenvalue weighted by molar-refractivity contribution is 5.58. The van der Waals surface area contributed by atoms with Crippen LogP contribution in [0, 0.1) is 0 Å². The van der Waals surface area contributed by atoms with E-state index in [1.165, 1.54) is 161 Å². The summed E-state index contributed by atoms with van der Waals surface area (Å²) in [7, 11) is 0. The minimum Gasteiger partial charge on any atom is -0.494 e. The zero-order chi connectivity index (χ0) is 61.0. The van der Waals surface area contributed by atoms with Crippen molar-refractivity contribution in [3.63, 3.8) is 0 Å². The molecule has 0 radical (unpaired) electrons. The molecule has 6 rings (SSSR count). The van der Waals surface area contributed by atoms with Crippen molar-refractivity contribution in [2.24, 2.45) is 0 Å². The summed E-state index contributed by atoms with van der Waals surface area (Å²) < 4.78 is 34.6. The van der Waals surface area contributed by atoms with Gasteiger partial charge in [-0.05, 0) is 111 Å². The molecule has 0 aliphatic heterocycles. The predicted molar refractivity (Wildman–Crippen MR) is 357 cm³/mol. The van der Waals surface area contributed by atoms with Gasteiger partial charge in [0.15, 0.2) is 34.7 Å². The molecule has 0 aliphatic carbocycles. The molecule has 6 aromatic rings. The zero-order valence-corrected chi connectivity index (χ0v) is 54.4. The van der Waals surface area contributed by atoms with E-state index in [2.05, 4.69) is 71.4 Å². The van der Waals surface area contributed by atoms with Crippen molar-refractivity contribution in [3.05, 3.63) is 110 Å². The van der Waals surface area contributed by atoms with Crippen LogP contribution in [0.3, 0.4) is 0 Å². The molecule has 0 aliphatic rings. The molecular formula is C74H112N6O6. The molecule has 0 fully saturated rings. The van der Waals surface area contributed by atoms with Gasteiger partial charge in [-0.1, -0.05) is 208 Å². The van der Waals surface area contributed by atoms with Gasteiger partial charge in [0.1, 0.15) is 17.2 Å². The largest absolute Gasteiger partial charge is 0.494 e. The van der Waals surface area contributed by atoms with Gasteiger partial charge in [0, 0.05) is 16.7 Å². The van der Waals surface area contributed by atoms with Crippen molar-refractivity contribution >= 4 is 0 Å². The van der Waals surface area contributed by atoms with Crippen molar-refractivity contribution < 1.29 is 28.4 Å². The van der Waals surface area contributed by atoms with E-state index in [1.54, 1.807) is 37.2 Å². The van der Waals surface area contributed by atoms with E-state index in [0.717, 1.165) is 136 Å². The monoisotopic (exact) mass is 1180 g/mol. The van der Waals surface area contributed by atoms with E-state index < -0.39 is 0 Å². The van der Waals surface area contributed by atoms with Crippen molar-refractivity contribution in [1.29, 1.82) is 0 Å². The fourth-order valence-corrected chi connectivity index (χ4v) is 9.42. The number of ether oxygens (including phenoxy) is 6. The van der Waals surface area contributed by atoms with E-state index in [4.69, 9.17) is 28.4 Å². The van der Waals surface area contributed by atoms with Gasteiger partial charge in [0.05, 0.1) is 76.8 Å². The highest BCUT2D eigenvalue weighted by Gasteiger charge is 2.08. The Hall–Kier alpha value is -6.30. The lowest BCUT2D eigenvalue weighted by Gasteiger charge is -2.08. The van der Waals surface area contributed by atoms with Crippen LogP contribution in [0.15, 0.2) is 110 Å². The second kappa shape index (κ2) is 49.8. The summed E-state index contributed by atoms with van der Waals surface area (Å²) in [5.74, 6) is 7.06. The zero-order valence-electron chi connectivity index (χ0n) is 54.4. The maximum Gasteiger partial charge on any atom is 0.159 e. The average Bonchev–Trinajstić information content (AvgIpc) is 3.65. The van der Waals surface area contributed by atoms with Crippen molar-refractivity contribution in [3.8, 4) is 68.7 Å². The molecule has 3 aromatic heterocycles. The second-order valence-corrected chi connectivity index (χ2v) is 22.6. The Balaban J connectivity index is 0.000000278. The molecule has 3 heterocycles. The number of aromatic nitrogens is 6. The van der Waals surface area contributed by atoms with Crippen LogP contribution < -0.4 is 28.4 Å². The van der Waals surface area contributed by atoms with Crippen LogP contribution in [0.5, 0.6) is 34.5 Å². The van der Waals surface area contributed by atoms with E-state index >= 15 is 0 Å². The van der Waals surface area contributed by atoms with Crippen LogP contribution in [0.1, 0.15) is 247 Å². The topological polar surface area (TPSA) is 133 Å². The molecule has 12 heteroatoms. The standard InChI is InChI=1S/C28H44N2O2.C24H36N2O2.C22H32N2O2/c1-3-5-7-9-11-12-14-15-21-31-26-19-17-25(18-20-26)28-29-23-27(24-30-28)32-22-16-13-10-8-6-4-2;1-3-5-7-9-10-12-18-28-23-19-25-24(26-20-23)21-13-15-22(16-14-21)27-17-11-8-6-4-2;1-3-5-7-8-9-10-16-26-21-17-23-22(24-18-21)19-11-13-20(14-12-19)25-15-6-4-2/h17-20,23-24H,3-16,21-22H2,1-2H3;13-16,19-20H,3-12,17-18H2,1-2H3;11-14,17-18H,3-10,15-16H2,1-2H3. The third-order valence-corrected chi connectivity index (χ3v) is 14.8. The van der Waals surface area contributed by atoms with Crippen molar-refractivity contribution in [2.75, 3.05) is 39.6 Å². The SMILES string of the molecule is CCCCCCCCCCOc1ccc(-c2ncc(OCCCCCCCC)cn2)cc1.CCCCCCCCOc1cnc(-c2ccc(OCCCC)cc2)nc1.CCCCCCCCOc1cnc(-c2ccc(OCCCCCC)cc2)nc1. The third kappa shape index (κ3) is 34.1. The highest BCUT2D eigenvalue weighted by atomic mass is 16.5. The van der Waals surface area contributed by atoms with Gasteiger partial charge < -0.3 is 28.4 Å². The van der Waals surface area contributed by atoms with Gasteiger partial charge in [0.2, 0.25) is 0 Å². The number of hydrogen-bond donors (Lipinski definition) is 0. The lowest BCUT2D eigenvalue weighted by atomic mass is 10.1. The van der Waals surface area contributed by atoms with Crippen LogP contribution in [-0.2, 0) is 0 Å². The smallest absolute Gasteiger partial charge is 0.159 e. The van der Waals surface area contributed by atoms with Crippen LogP contribution >= 0.6 is 0 Å². The maximum absolute atomic E-state index is 5.89. The number of hydrogen-bond acceptors (Lipinski definition) is 12. The summed E-state index contributed by atoms with van der Waals surface area (Å²) in [4.78, 5) is 26.6. The summed E-state index contributed by atoms with van der Waals surface area (Å²) in [6, 6.07) is 24.0. The minimum atomic E-state index is 0.706. The molecule has 0 saturated heterocycles. The van der Waals surface area contributed by atoms with Gasteiger partial charge in [-0.15, -0.1) is 0 Å².